The van der Waals surface area contributed by atoms with Crippen molar-refractivity contribution in [3.8, 4) is 0 Å². The van der Waals surface area contributed by atoms with Crippen molar-refractivity contribution in [3.63, 3.8) is 0 Å². The summed E-state index contributed by atoms with van der Waals surface area (Å²) in [5.74, 6) is -0.321. The number of amides is 1. The molecule has 1 rings (SSSR count). The SMILES string of the molecule is C=CCCC1CC(=O)N1C(CC=C)C(=O)OCC. The molecule has 4 nitrogen and oxygen atoms in total. The maximum atomic E-state index is 11.8. The van der Waals surface area contributed by atoms with Crippen LogP contribution in [-0.2, 0) is 14.3 Å². The van der Waals surface area contributed by atoms with E-state index in [1.807, 2.05) is 6.08 Å². The number of hydrogen-bond acceptors (Lipinski definition) is 3. The van der Waals surface area contributed by atoms with Crippen LogP contribution in [0.5, 0.6) is 0 Å². The Balaban J connectivity index is 2.70. The Morgan fingerprint density at radius 3 is 2.78 bits per heavy atom. The van der Waals surface area contributed by atoms with Crippen LogP contribution in [0.15, 0.2) is 25.3 Å². The molecule has 0 radical (unpaired) electrons. The molecular weight excluding hydrogens is 230 g/mol. The number of esters is 1. The minimum absolute atomic E-state index is 0.0176. The van der Waals surface area contributed by atoms with Gasteiger partial charge in [-0.15, -0.1) is 13.2 Å². The molecule has 1 aliphatic heterocycles. The minimum atomic E-state index is -0.515. The molecule has 4 heteroatoms. The second-order valence-corrected chi connectivity index (χ2v) is 4.32. The Morgan fingerprint density at radius 1 is 1.56 bits per heavy atom. The normalized spacial score (nSPS) is 19.9. The molecular formula is C14H21NO3. The van der Waals surface area contributed by atoms with Gasteiger partial charge in [0.1, 0.15) is 6.04 Å². The van der Waals surface area contributed by atoms with E-state index in [4.69, 9.17) is 4.74 Å². The van der Waals surface area contributed by atoms with E-state index in [0.29, 0.717) is 19.4 Å². The van der Waals surface area contributed by atoms with Crippen LogP contribution in [0.1, 0.15) is 32.6 Å². The highest BCUT2D eigenvalue weighted by atomic mass is 16.5. The molecule has 0 bridgehead atoms. The number of likely N-dealkylation sites (tertiary alicyclic amines) is 1. The van der Waals surface area contributed by atoms with Crippen molar-refractivity contribution in [2.24, 2.45) is 0 Å². The van der Waals surface area contributed by atoms with Crippen LogP contribution >= 0.6 is 0 Å². The molecule has 0 aliphatic carbocycles. The minimum Gasteiger partial charge on any atom is -0.464 e. The lowest BCUT2D eigenvalue weighted by molar-refractivity contribution is -0.165. The average molecular weight is 251 g/mol. The van der Waals surface area contributed by atoms with E-state index in [2.05, 4.69) is 13.2 Å². The first kappa shape index (κ1) is 14.5. The predicted octanol–water partition coefficient (Wildman–Crippen LogP) is 2.06. The fraction of sp³-hybridized carbons (Fsp3) is 0.571. The fourth-order valence-corrected chi connectivity index (χ4v) is 2.20. The summed E-state index contributed by atoms with van der Waals surface area (Å²) in [6.45, 7) is 9.39. The van der Waals surface area contributed by atoms with Gasteiger partial charge in [0.05, 0.1) is 6.61 Å². The molecule has 1 aliphatic rings. The molecule has 0 aromatic carbocycles. The summed E-state index contributed by atoms with van der Waals surface area (Å²) in [4.78, 5) is 25.2. The summed E-state index contributed by atoms with van der Waals surface area (Å²) < 4.78 is 5.01. The summed E-state index contributed by atoms with van der Waals surface area (Å²) >= 11 is 0. The molecule has 100 valence electrons. The van der Waals surface area contributed by atoms with Gasteiger partial charge in [-0.1, -0.05) is 12.2 Å². The van der Waals surface area contributed by atoms with E-state index < -0.39 is 6.04 Å². The Morgan fingerprint density at radius 2 is 2.28 bits per heavy atom. The Labute approximate surface area is 108 Å². The molecule has 0 saturated carbocycles. The van der Waals surface area contributed by atoms with Crippen LogP contribution in [0.2, 0.25) is 0 Å². The van der Waals surface area contributed by atoms with Gasteiger partial charge in [-0.25, -0.2) is 4.79 Å². The Kier molecular flexibility index (Phi) is 5.62. The van der Waals surface area contributed by atoms with Crippen molar-refractivity contribution < 1.29 is 14.3 Å². The van der Waals surface area contributed by atoms with Crippen LogP contribution in [-0.4, -0.2) is 35.5 Å². The quantitative estimate of drug-likeness (QED) is 0.377. The molecule has 1 saturated heterocycles. The van der Waals surface area contributed by atoms with Crippen LogP contribution in [0, 0.1) is 0 Å². The van der Waals surface area contributed by atoms with Gasteiger partial charge in [0, 0.05) is 12.5 Å². The zero-order valence-electron chi connectivity index (χ0n) is 10.9. The summed E-state index contributed by atoms with van der Waals surface area (Å²) in [7, 11) is 0. The predicted molar refractivity (Wildman–Crippen MR) is 69.9 cm³/mol. The summed E-state index contributed by atoms with van der Waals surface area (Å²) in [5, 5.41) is 0. The smallest absolute Gasteiger partial charge is 0.329 e. The first-order valence-electron chi connectivity index (χ1n) is 6.35. The zero-order chi connectivity index (χ0) is 13.5. The van der Waals surface area contributed by atoms with Crippen LogP contribution < -0.4 is 0 Å². The molecule has 1 heterocycles. The average Bonchev–Trinajstić information content (AvgIpc) is 2.34. The molecule has 0 aromatic rings. The number of β-lactam (4-membered cyclic amide) rings is 1. The summed E-state index contributed by atoms with van der Waals surface area (Å²) in [6, 6.07) is -0.386. The lowest BCUT2D eigenvalue weighted by Gasteiger charge is -2.44. The summed E-state index contributed by atoms with van der Waals surface area (Å²) in [6.07, 6.45) is 6.13. The highest BCUT2D eigenvalue weighted by Gasteiger charge is 2.43. The summed E-state index contributed by atoms with van der Waals surface area (Å²) in [5.41, 5.74) is 0. The van der Waals surface area contributed by atoms with Crippen LogP contribution in [0.25, 0.3) is 0 Å². The van der Waals surface area contributed by atoms with Crippen molar-refractivity contribution in [1.82, 2.24) is 4.90 Å². The number of carbonyl (C=O) groups is 2. The molecule has 18 heavy (non-hydrogen) atoms. The van der Waals surface area contributed by atoms with Gasteiger partial charge in [-0.05, 0) is 26.2 Å². The molecule has 1 amide bonds. The third-order valence-electron chi connectivity index (χ3n) is 3.08. The monoisotopic (exact) mass is 251 g/mol. The van der Waals surface area contributed by atoms with Crippen LogP contribution in [0.3, 0.4) is 0 Å². The molecule has 1 fully saturated rings. The van der Waals surface area contributed by atoms with E-state index in [-0.39, 0.29) is 17.9 Å². The maximum absolute atomic E-state index is 11.8. The number of ether oxygens (including phenoxy) is 1. The van der Waals surface area contributed by atoms with Crippen molar-refractivity contribution in [2.45, 2.75) is 44.7 Å². The van der Waals surface area contributed by atoms with Crippen LogP contribution in [0.4, 0.5) is 0 Å². The fourth-order valence-electron chi connectivity index (χ4n) is 2.20. The standard InChI is InChI=1S/C14H21NO3/c1-4-7-9-11-10-13(16)15(11)12(8-5-2)14(17)18-6-3/h4-5,11-12H,1-2,6-10H2,3H3. The van der Waals surface area contributed by atoms with E-state index in [0.717, 1.165) is 12.8 Å². The van der Waals surface area contributed by atoms with Crippen molar-refractivity contribution in [1.29, 1.82) is 0 Å². The number of rotatable bonds is 8. The third-order valence-corrected chi connectivity index (χ3v) is 3.08. The van der Waals surface area contributed by atoms with Crippen molar-refractivity contribution >= 4 is 11.9 Å². The molecule has 0 aromatic heterocycles. The van der Waals surface area contributed by atoms with Gasteiger partial charge in [0.15, 0.2) is 0 Å². The highest BCUT2D eigenvalue weighted by Crippen LogP contribution is 2.28. The molecule has 0 spiro atoms. The van der Waals surface area contributed by atoms with Gasteiger partial charge >= 0.3 is 5.97 Å². The largest absolute Gasteiger partial charge is 0.464 e. The Hall–Kier alpha value is -1.58. The first-order chi connectivity index (χ1) is 8.65. The highest BCUT2D eigenvalue weighted by molar-refractivity contribution is 5.89. The molecule has 2 unspecified atom stereocenters. The number of carbonyl (C=O) groups excluding carboxylic acids is 2. The topological polar surface area (TPSA) is 46.6 Å². The third kappa shape index (κ3) is 3.22. The molecule has 0 N–H and O–H groups in total. The van der Waals surface area contributed by atoms with E-state index in [1.165, 1.54) is 0 Å². The number of allylic oxidation sites excluding steroid dienone is 1. The van der Waals surface area contributed by atoms with E-state index in [1.54, 1.807) is 17.9 Å². The van der Waals surface area contributed by atoms with Crippen molar-refractivity contribution in [2.75, 3.05) is 6.61 Å². The van der Waals surface area contributed by atoms with Gasteiger partial charge in [0.2, 0.25) is 5.91 Å². The zero-order valence-corrected chi connectivity index (χ0v) is 10.9. The molecule has 2 atom stereocenters. The lowest BCUT2D eigenvalue weighted by Crippen LogP contribution is -2.59. The van der Waals surface area contributed by atoms with Gasteiger partial charge < -0.3 is 9.64 Å². The lowest BCUT2D eigenvalue weighted by atomic mass is 9.93. The second-order valence-electron chi connectivity index (χ2n) is 4.32. The second kappa shape index (κ2) is 6.99. The van der Waals surface area contributed by atoms with Crippen molar-refractivity contribution in [3.05, 3.63) is 25.3 Å². The van der Waals surface area contributed by atoms with E-state index >= 15 is 0 Å². The van der Waals surface area contributed by atoms with Gasteiger partial charge in [-0.3, -0.25) is 4.79 Å². The Bertz CT molecular complexity index is 338. The van der Waals surface area contributed by atoms with Gasteiger partial charge in [-0.2, -0.15) is 0 Å². The van der Waals surface area contributed by atoms with Gasteiger partial charge in [0.25, 0.3) is 0 Å². The first-order valence-corrected chi connectivity index (χ1v) is 6.35. The maximum Gasteiger partial charge on any atom is 0.329 e. The number of nitrogens with zero attached hydrogens (tertiary/aromatic N) is 1. The van der Waals surface area contributed by atoms with E-state index in [9.17, 15) is 9.59 Å². The number of hydrogen-bond donors (Lipinski definition) is 0.